The van der Waals surface area contributed by atoms with Gasteiger partial charge in [0.25, 0.3) is 10.0 Å². The van der Waals surface area contributed by atoms with Gasteiger partial charge in [-0.15, -0.1) is 0 Å². The second-order valence-electron chi connectivity index (χ2n) is 6.12. The minimum Gasteiger partial charge on any atom is -0.392 e. The van der Waals surface area contributed by atoms with Gasteiger partial charge in [0.15, 0.2) is 0 Å². The summed E-state index contributed by atoms with van der Waals surface area (Å²) in [6.07, 6.45) is 0.956. The zero-order chi connectivity index (χ0) is 19.9. The van der Waals surface area contributed by atoms with Crippen molar-refractivity contribution in [3.8, 4) is 11.3 Å². The number of nitrogens with zero attached hydrogens (tertiary/aromatic N) is 2. The van der Waals surface area contributed by atoms with Gasteiger partial charge in [-0.2, -0.15) is 17.6 Å². The third-order valence-corrected chi connectivity index (χ3v) is 5.99. The molecule has 8 heteroatoms. The Hall–Kier alpha value is -3.36. The molecule has 0 radical (unpaired) electrons. The van der Waals surface area contributed by atoms with Gasteiger partial charge < -0.3 is 5.11 Å². The smallest absolute Gasteiger partial charge is 0.283 e. The first-order valence-corrected chi connectivity index (χ1v) is 9.78. The molecule has 0 amide bonds. The summed E-state index contributed by atoms with van der Waals surface area (Å²) in [4.78, 5) is 24.7. The predicted octanol–water partition coefficient (Wildman–Crippen LogP) is 1.93. The lowest BCUT2D eigenvalue weighted by Crippen LogP contribution is -2.24. The first kappa shape index (κ1) is 18.0. The number of allylic oxidation sites excluding steroid dienone is 1. The normalized spacial score (nSPS) is 14.0. The Balaban J connectivity index is 2.08. The summed E-state index contributed by atoms with van der Waals surface area (Å²) in [7, 11) is -4.16. The molecule has 1 aliphatic carbocycles. The number of carbonyl (C=O) groups excluding carboxylic acids is 2. The molecule has 3 aromatic rings. The topological polar surface area (TPSA) is 106 Å². The van der Waals surface area contributed by atoms with Gasteiger partial charge in [0.1, 0.15) is 5.69 Å². The van der Waals surface area contributed by atoms with Crippen LogP contribution >= 0.6 is 0 Å². The molecule has 1 heterocycles. The highest BCUT2D eigenvalue weighted by molar-refractivity contribution is 7.89. The second kappa shape index (κ2) is 6.66. The number of aliphatic hydroxyl groups excluding tert-OH is 1. The average molecular weight is 394 g/mol. The highest BCUT2D eigenvalue weighted by Crippen LogP contribution is 2.35. The number of rotatable bonds is 4. The second-order valence-corrected chi connectivity index (χ2v) is 7.89. The van der Waals surface area contributed by atoms with E-state index >= 15 is 0 Å². The van der Waals surface area contributed by atoms with Crippen molar-refractivity contribution in [2.24, 2.45) is 0 Å². The van der Waals surface area contributed by atoms with Crippen molar-refractivity contribution in [2.45, 2.75) is 4.90 Å². The minimum atomic E-state index is -4.16. The first-order valence-electron chi connectivity index (χ1n) is 8.34. The van der Waals surface area contributed by atoms with E-state index in [1.165, 1.54) is 12.1 Å². The Kier molecular flexibility index (Phi) is 4.29. The van der Waals surface area contributed by atoms with Crippen molar-refractivity contribution in [1.82, 2.24) is 9.19 Å². The van der Waals surface area contributed by atoms with Crippen molar-refractivity contribution in [2.75, 3.05) is 6.61 Å². The van der Waals surface area contributed by atoms with Crippen LogP contribution in [0.1, 0.15) is 16.1 Å². The largest absolute Gasteiger partial charge is 0.392 e. The van der Waals surface area contributed by atoms with E-state index in [2.05, 4.69) is 5.10 Å². The van der Waals surface area contributed by atoms with Crippen LogP contribution in [-0.4, -0.2) is 40.9 Å². The summed E-state index contributed by atoms with van der Waals surface area (Å²) >= 11 is 0. The van der Waals surface area contributed by atoms with Crippen molar-refractivity contribution in [3.63, 3.8) is 0 Å². The van der Waals surface area contributed by atoms with Crippen LogP contribution in [0, 0.1) is 0 Å². The van der Waals surface area contributed by atoms with Gasteiger partial charge in [0.2, 0.25) is 11.6 Å². The van der Waals surface area contributed by atoms with Crippen LogP contribution in [0.15, 0.2) is 71.6 Å². The van der Waals surface area contributed by atoms with Gasteiger partial charge in [-0.25, -0.2) is 0 Å². The van der Waals surface area contributed by atoms with E-state index in [1.54, 1.807) is 48.5 Å². The Morgan fingerprint density at radius 1 is 0.929 bits per heavy atom. The quantitative estimate of drug-likeness (QED) is 0.678. The number of benzene rings is 2. The molecule has 4 rings (SSSR count). The summed E-state index contributed by atoms with van der Waals surface area (Å²) < 4.78 is 27.1. The van der Waals surface area contributed by atoms with Gasteiger partial charge in [-0.3, -0.25) is 9.59 Å². The summed E-state index contributed by atoms with van der Waals surface area (Å²) in [6, 6.07) is 16.1. The Labute approximate surface area is 160 Å². The molecule has 0 atom stereocenters. The lowest BCUT2D eigenvalue weighted by atomic mass is 9.91. The summed E-state index contributed by atoms with van der Waals surface area (Å²) in [5.41, 5.74) is 0.374. The molecular weight excluding hydrogens is 380 g/mol. The SMILES string of the molecule is O=C1C=C(CO)c2c(c(-c3ccccc3)nn2S(=O)(=O)c2ccccc2)C1=O. The maximum Gasteiger partial charge on any atom is 0.283 e. The molecule has 140 valence electrons. The average Bonchev–Trinajstić information content (AvgIpc) is 3.14. The van der Waals surface area contributed by atoms with Crippen LogP contribution in [0.4, 0.5) is 0 Å². The molecule has 0 bridgehead atoms. The maximum atomic E-state index is 13.2. The van der Waals surface area contributed by atoms with E-state index in [0.29, 0.717) is 5.56 Å². The monoisotopic (exact) mass is 394 g/mol. The summed E-state index contributed by atoms with van der Waals surface area (Å²) in [5, 5.41) is 13.9. The van der Waals surface area contributed by atoms with Crippen LogP contribution in [0.2, 0.25) is 0 Å². The number of carbonyl (C=O) groups is 2. The van der Waals surface area contributed by atoms with E-state index in [-0.39, 0.29) is 27.4 Å². The van der Waals surface area contributed by atoms with E-state index in [4.69, 9.17) is 0 Å². The van der Waals surface area contributed by atoms with Crippen LogP contribution in [0.25, 0.3) is 16.8 Å². The van der Waals surface area contributed by atoms with Crippen molar-refractivity contribution in [3.05, 3.63) is 78.0 Å². The molecule has 0 unspecified atom stereocenters. The molecule has 1 N–H and O–H groups in total. The Morgan fingerprint density at radius 3 is 2.14 bits per heavy atom. The van der Waals surface area contributed by atoms with Crippen LogP contribution in [0.5, 0.6) is 0 Å². The molecule has 0 fully saturated rings. The Bertz CT molecular complexity index is 1230. The molecule has 28 heavy (non-hydrogen) atoms. The fraction of sp³-hybridized carbons (Fsp3) is 0.0500. The zero-order valence-electron chi connectivity index (χ0n) is 14.4. The highest BCUT2D eigenvalue weighted by Gasteiger charge is 2.37. The van der Waals surface area contributed by atoms with Gasteiger partial charge in [0.05, 0.1) is 22.8 Å². The standard InChI is InChI=1S/C20H14N2O5S/c23-12-14-11-16(24)20(25)17-18(13-7-3-1-4-8-13)21-22(19(14)17)28(26,27)15-9-5-2-6-10-15/h1-11,23H,12H2. The van der Waals surface area contributed by atoms with E-state index in [1.807, 2.05) is 0 Å². The van der Waals surface area contributed by atoms with Crippen LogP contribution in [0.3, 0.4) is 0 Å². The lowest BCUT2D eigenvalue weighted by Gasteiger charge is -2.14. The maximum absolute atomic E-state index is 13.2. The van der Waals surface area contributed by atoms with Crippen molar-refractivity contribution < 1.29 is 23.1 Å². The molecule has 0 spiro atoms. The molecule has 1 aliphatic rings. The number of aliphatic hydroxyl groups is 1. The molecule has 0 saturated heterocycles. The number of ketones is 2. The summed E-state index contributed by atoms with van der Waals surface area (Å²) in [5.74, 6) is -1.69. The zero-order valence-corrected chi connectivity index (χ0v) is 15.3. The number of Topliss-reactive ketones (excluding diaryl/α,β-unsaturated/α-hetero) is 1. The fourth-order valence-corrected chi connectivity index (χ4v) is 4.44. The number of hydrogen-bond donors (Lipinski definition) is 1. The van der Waals surface area contributed by atoms with Gasteiger partial charge >= 0.3 is 0 Å². The fourth-order valence-electron chi connectivity index (χ4n) is 3.10. The lowest BCUT2D eigenvalue weighted by molar-refractivity contribution is -0.111. The van der Waals surface area contributed by atoms with Gasteiger partial charge in [-0.05, 0) is 18.2 Å². The minimum absolute atomic E-state index is 0.0220. The highest BCUT2D eigenvalue weighted by atomic mass is 32.2. The van der Waals surface area contributed by atoms with Gasteiger partial charge in [-0.1, -0.05) is 48.5 Å². The third kappa shape index (κ3) is 2.70. The number of hydrogen-bond acceptors (Lipinski definition) is 6. The summed E-state index contributed by atoms with van der Waals surface area (Å²) in [6.45, 7) is -0.615. The predicted molar refractivity (Wildman–Crippen MR) is 101 cm³/mol. The molecule has 2 aromatic carbocycles. The molecular formula is C20H14N2O5S. The van der Waals surface area contributed by atoms with E-state index in [0.717, 1.165) is 10.2 Å². The van der Waals surface area contributed by atoms with E-state index < -0.39 is 28.2 Å². The first-order chi connectivity index (χ1) is 13.4. The molecule has 0 saturated carbocycles. The van der Waals surface area contributed by atoms with E-state index in [9.17, 15) is 23.1 Å². The van der Waals surface area contributed by atoms with Gasteiger partial charge in [0, 0.05) is 11.1 Å². The van der Waals surface area contributed by atoms with Crippen LogP contribution in [-0.2, 0) is 14.8 Å². The number of fused-ring (bicyclic) bond motifs is 1. The third-order valence-electron chi connectivity index (χ3n) is 4.40. The van der Waals surface area contributed by atoms with Crippen LogP contribution < -0.4 is 0 Å². The molecule has 0 aliphatic heterocycles. The molecule has 1 aromatic heterocycles. The van der Waals surface area contributed by atoms with Crippen molar-refractivity contribution >= 4 is 27.2 Å². The number of aromatic nitrogens is 2. The van der Waals surface area contributed by atoms with Crippen molar-refractivity contribution in [1.29, 1.82) is 0 Å². The molecule has 7 nitrogen and oxygen atoms in total. The Morgan fingerprint density at radius 2 is 1.54 bits per heavy atom.